The zero-order valence-electron chi connectivity index (χ0n) is 15.9. The standard InChI is InChI=1S/C22H21NO6/c1-14-19(23-20(29-14)16-5-3-2-4-6-16)11-12-28-17-9-7-15(8-10-17)13-18(21(24)25)22(26)27/h2-10,18H,11-13H2,1H3,(H,24,25)(H,26,27). The van der Waals surface area contributed by atoms with E-state index in [0.717, 1.165) is 17.0 Å². The lowest BCUT2D eigenvalue weighted by Crippen LogP contribution is -2.25. The lowest BCUT2D eigenvalue weighted by atomic mass is 10.00. The molecule has 2 N–H and O–H groups in total. The van der Waals surface area contributed by atoms with Gasteiger partial charge in [-0.05, 0) is 43.2 Å². The van der Waals surface area contributed by atoms with E-state index in [9.17, 15) is 9.59 Å². The van der Waals surface area contributed by atoms with Crippen LogP contribution in [0.15, 0.2) is 59.0 Å². The van der Waals surface area contributed by atoms with E-state index in [1.807, 2.05) is 37.3 Å². The van der Waals surface area contributed by atoms with Gasteiger partial charge in [-0.3, -0.25) is 9.59 Å². The summed E-state index contributed by atoms with van der Waals surface area (Å²) in [5, 5.41) is 17.9. The van der Waals surface area contributed by atoms with Crippen molar-refractivity contribution >= 4 is 11.9 Å². The van der Waals surface area contributed by atoms with E-state index < -0.39 is 17.9 Å². The van der Waals surface area contributed by atoms with Gasteiger partial charge in [-0.1, -0.05) is 30.3 Å². The van der Waals surface area contributed by atoms with Gasteiger partial charge in [0.1, 0.15) is 11.5 Å². The van der Waals surface area contributed by atoms with Crippen molar-refractivity contribution in [2.24, 2.45) is 5.92 Å². The lowest BCUT2D eigenvalue weighted by molar-refractivity contribution is -0.154. The molecule has 150 valence electrons. The molecule has 0 saturated carbocycles. The van der Waals surface area contributed by atoms with Crippen molar-refractivity contribution in [3.05, 3.63) is 71.6 Å². The maximum absolute atomic E-state index is 11.0. The summed E-state index contributed by atoms with van der Waals surface area (Å²) in [6, 6.07) is 16.4. The summed E-state index contributed by atoms with van der Waals surface area (Å²) >= 11 is 0. The Labute approximate surface area is 167 Å². The van der Waals surface area contributed by atoms with Crippen LogP contribution in [-0.4, -0.2) is 33.7 Å². The summed E-state index contributed by atoms with van der Waals surface area (Å²) in [6.45, 7) is 2.26. The molecule has 0 unspecified atom stereocenters. The molecule has 29 heavy (non-hydrogen) atoms. The molecule has 3 rings (SSSR count). The van der Waals surface area contributed by atoms with Gasteiger partial charge in [-0.25, -0.2) is 4.98 Å². The highest BCUT2D eigenvalue weighted by Crippen LogP contribution is 2.22. The zero-order chi connectivity index (χ0) is 20.8. The highest BCUT2D eigenvalue weighted by Gasteiger charge is 2.25. The largest absolute Gasteiger partial charge is 0.493 e. The Morgan fingerprint density at radius 3 is 2.31 bits per heavy atom. The molecule has 0 bridgehead atoms. The van der Waals surface area contributed by atoms with Crippen LogP contribution in [0, 0.1) is 12.8 Å². The smallest absolute Gasteiger partial charge is 0.318 e. The third kappa shape index (κ3) is 5.22. The van der Waals surface area contributed by atoms with Gasteiger partial charge in [-0.2, -0.15) is 0 Å². The first-order chi connectivity index (χ1) is 13.9. The molecule has 1 heterocycles. The monoisotopic (exact) mass is 395 g/mol. The normalized spacial score (nSPS) is 10.8. The van der Waals surface area contributed by atoms with E-state index >= 15 is 0 Å². The number of rotatable bonds is 9. The highest BCUT2D eigenvalue weighted by atomic mass is 16.5. The van der Waals surface area contributed by atoms with E-state index in [1.54, 1.807) is 24.3 Å². The molecular weight excluding hydrogens is 374 g/mol. The van der Waals surface area contributed by atoms with Gasteiger partial charge in [0.25, 0.3) is 0 Å². The number of oxazole rings is 1. The Morgan fingerprint density at radius 1 is 1.03 bits per heavy atom. The number of carboxylic acids is 2. The Morgan fingerprint density at radius 2 is 1.69 bits per heavy atom. The van der Waals surface area contributed by atoms with Crippen LogP contribution < -0.4 is 4.74 Å². The van der Waals surface area contributed by atoms with E-state index in [2.05, 4.69) is 4.98 Å². The van der Waals surface area contributed by atoms with Gasteiger partial charge in [0.2, 0.25) is 5.89 Å². The third-order valence-corrected chi connectivity index (χ3v) is 4.48. The van der Waals surface area contributed by atoms with Crippen molar-refractivity contribution in [2.45, 2.75) is 19.8 Å². The number of aromatic nitrogens is 1. The molecule has 0 aliphatic rings. The molecule has 0 atom stereocenters. The number of nitrogens with zero attached hydrogens (tertiary/aromatic N) is 1. The van der Waals surface area contributed by atoms with Gasteiger partial charge >= 0.3 is 11.9 Å². The highest BCUT2D eigenvalue weighted by molar-refractivity contribution is 5.93. The molecule has 2 aromatic carbocycles. The fourth-order valence-corrected chi connectivity index (χ4v) is 2.87. The van der Waals surface area contributed by atoms with Crippen LogP contribution in [0.4, 0.5) is 0 Å². The van der Waals surface area contributed by atoms with Crippen LogP contribution in [0.2, 0.25) is 0 Å². The Balaban J connectivity index is 1.55. The molecule has 0 radical (unpaired) electrons. The van der Waals surface area contributed by atoms with Crippen LogP contribution in [0.25, 0.3) is 11.5 Å². The summed E-state index contributed by atoms with van der Waals surface area (Å²) in [7, 11) is 0. The number of ether oxygens (including phenoxy) is 1. The predicted octanol–water partition coefficient (Wildman–Crippen LogP) is 3.60. The van der Waals surface area contributed by atoms with Crippen molar-refractivity contribution in [3.63, 3.8) is 0 Å². The SMILES string of the molecule is Cc1oc(-c2ccccc2)nc1CCOc1ccc(CC(C(=O)O)C(=O)O)cc1. The number of hydrogen-bond donors (Lipinski definition) is 2. The number of hydrogen-bond acceptors (Lipinski definition) is 5. The fourth-order valence-electron chi connectivity index (χ4n) is 2.87. The van der Waals surface area contributed by atoms with Crippen LogP contribution >= 0.6 is 0 Å². The maximum atomic E-state index is 11.0. The molecule has 0 saturated heterocycles. The molecule has 7 nitrogen and oxygen atoms in total. The minimum Gasteiger partial charge on any atom is -0.493 e. The maximum Gasteiger partial charge on any atom is 0.318 e. The first kappa shape index (κ1) is 20.1. The van der Waals surface area contributed by atoms with Gasteiger partial charge in [-0.15, -0.1) is 0 Å². The summed E-state index contributed by atoms with van der Waals surface area (Å²) in [4.78, 5) is 26.5. The van der Waals surface area contributed by atoms with E-state index in [4.69, 9.17) is 19.4 Å². The second-order valence-corrected chi connectivity index (χ2v) is 6.56. The van der Waals surface area contributed by atoms with E-state index in [1.165, 1.54) is 0 Å². The summed E-state index contributed by atoms with van der Waals surface area (Å²) < 4.78 is 11.5. The molecule has 0 spiro atoms. The Bertz CT molecular complexity index is 964. The molecular formula is C22H21NO6. The number of carbonyl (C=O) groups is 2. The van der Waals surface area contributed by atoms with Crippen molar-refractivity contribution in [3.8, 4) is 17.2 Å². The Kier molecular flexibility index (Phi) is 6.29. The van der Waals surface area contributed by atoms with E-state index in [-0.39, 0.29) is 6.42 Å². The average molecular weight is 395 g/mol. The first-order valence-corrected chi connectivity index (χ1v) is 9.13. The minimum atomic E-state index is -1.46. The summed E-state index contributed by atoms with van der Waals surface area (Å²) in [5.41, 5.74) is 2.36. The van der Waals surface area contributed by atoms with Crippen molar-refractivity contribution in [1.29, 1.82) is 0 Å². The van der Waals surface area contributed by atoms with Crippen LogP contribution in [0.3, 0.4) is 0 Å². The van der Waals surface area contributed by atoms with Gasteiger partial charge in [0, 0.05) is 12.0 Å². The van der Waals surface area contributed by atoms with Gasteiger partial charge in [0.15, 0.2) is 5.92 Å². The van der Waals surface area contributed by atoms with Gasteiger partial charge < -0.3 is 19.4 Å². The first-order valence-electron chi connectivity index (χ1n) is 9.13. The van der Waals surface area contributed by atoms with Crippen LogP contribution in [0.5, 0.6) is 5.75 Å². The van der Waals surface area contributed by atoms with Crippen molar-refractivity contribution in [1.82, 2.24) is 4.98 Å². The molecule has 1 aromatic heterocycles. The summed E-state index contributed by atoms with van der Waals surface area (Å²) in [5.74, 6) is -2.23. The molecule has 0 amide bonds. The molecule has 0 aliphatic carbocycles. The number of benzene rings is 2. The molecule has 0 fully saturated rings. The lowest BCUT2D eigenvalue weighted by Gasteiger charge is -2.09. The second kappa shape index (κ2) is 9.05. The third-order valence-electron chi connectivity index (χ3n) is 4.48. The van der Waals surface area contributed by atoms with E-state index in [0.29, 0.717) is 30.2 Å². The fraction of sp³-hybridized carbons (Fsp3) is 0.227. The summed E-state index contributed by atoms with van der Waals surface area (Å²) in [6.07, 6.45) is 0.495. The number of aliphatic carboxylic acids is 2. The Hall–Kier alpha value is -3.61. The molecule has 0 aliphatic heterocycles. The second-order valence-electron chi connectivity index (χ2n) is 6.56. The van der Waals surface area contributed by atoms with Crippen molar-refractivity contribution < 1.29 is 29.0 Å². The zero-order valence-corrected chi connectivity index (χ0v) is 15.9. The quantitative estimate of drug-likeness (QED) is 0.533. The van der Waals surface area contributed by atoms with Gasteiger partial charge in [0.05, 0.1) is 12.3 Å². The minimum absolute atomic E-state index is 0.0780. The van der Waals surface area contributed by atoms with Crippen molar-refractivity contribution in [2.75, 3.05) is 6.61 Å². The topological polar surface area (TPSA) is 110 Å². The van der Waals surface area contributed by atoms with Crippen LogP contribution in [0.1, 0.15) is 17.0 Å². The number of aryl methyl sites for hydroxylation is 1. The molecule has 3 aromatic rings. The van der Waals surface area contributed by atoms with Crippen LogP contribution in [-0.2, 0) is 22.4 Å². The number of carboxylic acid groups (broad SMARTS) is 2. The molecule has 7 heteroatoms. The predicted molar refractivity (Wildman–Crippen MR) is 105 cm³/mol. The average Bonchev–Trinajstić information content (AvgIpc) is 3.08.